The maximum absolute atomic E-state index is 8.43. The number of hydrogen-bond acceptors (Lipinski definition) is 3. The van der Waals surface area contributed by atoms with Crippen LogP contribution in [0, 0.1) is 0 Å². The Morgan fingerprint density at radius 3 is 2.57 bits per heavy atom. The van der Waals surface area contributed by atoms with E-state index in [-0.39, 0.29) is 0 Å². The van der Waals surface area contributed by atoms with Crippen LogP contribution in [0.5, 0.6) is 0 Å². The van der Waals surface area contributed by atoms with Crippen LogP contribution in [0.4, 0.5) is 0 Å². The van der Waals surface area contributed by atoms with Crippen molar-refractivity contribution >= 4 is 12.6 Å². The SMILES string of the molecule is CC(O)OCCS. The second-order valence-electron chi connectivity index (χ2n) is 1.19. The van der Waals surface area contributed by atoms with Crippen molar-refractivity contribution in [1.82, 2.24) is 0 Å². The van der Waals surface area contributed by atoms with Crippen LogP contribution in [0.1, 0.15) is 6.92 Å². The molecule has 0 aromatic rings. The van der Waals surface area contributed by atoms with Crippen molar-refractivity contribution in [2.24, 2.45) is 0 Å². The molecule has 0 radical (unpaired) electrons. The molecule has 0 saturated carbocycles. The summed E-state index contributed by atoms with van der Waals surface area (Å²) < 4.78 is 4.67. The molecule has 1 N–H and O–H groups in total. The van der Waals surface area contributed by atoms with Crippen LogP contribution >= 0.6 is 12.6 Å². The summed E-state index contributed by atoms with van der Waals surface area (Å²) >= 11 is 3.86. The number of thiol groups is 1. The Hall–Kier alpha value is 0.270. The normalized spacial score (nSPS) is 14.1. The molecule has 0 aliphatic heterocycles. The molecule has 0 aromatic heterocycles. The molecule has 1 atom stereocenters. The van der Waals surface area contributed by atoms with Crippen LogP contribution in [-0.2, 0) is 4.74 Å². The number of rotatable bonds is 3. The lowest BCUT2D eigenvalue weighted by Crippen LogP contribution is -2.07. The molecular weight excluding hydrogens is 112 g/mol. The molecule has 3 heteroatoms. The van der Waals surface area contributed by atoms with Gasteiger partial charge in [0.25, 0.3) is 0 Å². The first-order chi connectivity index (χ1) is 3.27. The molecule has 0 rings (SSSR count). The van der Waals surface area contributed by atoms with Crippen molar-refractivity contribution in [3.63, 3.8) is 0 Å². The van der Waals surface area contributed by atoms with E-state index in [4.69, 9.17) is 5.11 Å². The van der Waals surface area contributed by atoms with Crippen molar-refractivity contribution < 1.29 is 9.84 Å². The summed E-state index contributed by atoms with van der Waals surface area (Å²) in [6, 6.07) is 0. The van der Waals surface area contributed by atoms with Gasteiger partial charge in [-0.25, -0.2) is 0 Å². The number of aliphatic hydroxyl groups is 1. The van der Waals surface area contributed by atoms with Crippen molar-refractivity contribution in [1.29, 1.82) is 0 Å². The van der Waals surface area contributed by atoms with E-state index in [1.165, 1.54) is 0 Å². The predicted octanol–water partition coefficient (Wildman–Crippen LogP) is 0.271. The second kappa shape index (κ2) is 4.43. The Morgan fingerprint density at radius 2 is 2.43 bits per heavy atom. The van der Waals surface area contributed by atoms with Crippen LogP contribution < -0.4 is 0 Å². The van der Waals surface area contributed by atoms with E-state index in [1.807, 2.05) is 0 Å². The molecule has 0 aliphatic rings. The van der Waals surface area contributed by atoms with Crippen LogP contribution in [0.2, 0.25) is 0 Å². The molecule has 44 valence electrons. The first-order valence-electron chi connectivity index (χ1n) is 2.18. The lowest BCUT2D eigenvalue weighted by atomic mass is 10.7. The number of ether oxygens (including phenoxy) is 1. The summed E-state index contributed by atoms with van der Waals surface area (Å²) in [6.07, 6.45) is -0.646. The van der Waals surface area contributed by atoms with Gasteiger partial charge in [-0.1, -0.05) is 0 Å². The van der Waals surface area contributed by atoms with Gasteiger partial charge in [-0.15, -0.1) is 0 Å². The molecule has 1 unspecified atom stereocenters. The summed E-state index contributed by atoms with van der Waals surface area (Å²) in [6.45, 7) is 2.09. The molecule has 0 aliphatic carbocycles. The number of hydrogen-bond donors (Lipinski definition) is 2. The Bertz CT molecular complexity index is 38.7. The Morgan fingerprint density at radius 1 is 1.86 bits per heavy atom. The molecule has 0 bridgehead atoms. The lowest BCUT2D eigenvalue weighted by molar-refractivity contribution is -0.0789. The monoisotopic (exact) mass is 122 g/mol. The summed E-state index contributed by atoms with van der Waals surface area (Å²) in [5.41, 5.74) is 0. The highest BCUT2D eigenvalue weighted by Gasteiger charge is 1.88. The molecule has 0 amide bonds. The first-order valence-corrected chi connectivity index (χ1v) is 2.81. The largest absolute Gasteiger partial charge is 0.368 e. The highest BCUT2D eigenvalue weighted by Crippen LogP contribution is 1.83. The smallest absolute Gasteiger partial charge is 0.151 e. The van der Waals surface area contributed by atoms with Gasteiger partial charge in [-0.3, -0.25) is 0 Å². The van der Waals surface area contributed by atoms with Gasteiger partial charge in [-0.2, -0.15) is 12.6 Å². The van der Waals surface area contributed by atoms with Gasteiger partial charge in [0.15, 0.2) is 6.29 Å². The molecule has 0 fully saturated rings. The lowest BCUT2D eigenvalue weighted by Gasteiger charge is -2.01. The van der Waals surface area contributed by atoms with E-state index in [0.717, 1.165) is 0 Å². The maximum atomic E-state index is 8.43. The molecular formula is C4H10O2S. The minimum Gasteiger partial charge on any atom is -0.368 e. The quantitative estimate of drug-likeness (QED) is 0.415. The van der Waals surface area contributed by atoms with Crippen molar-refractivity contribution in [3.05, 3.63) is 0 Å². The van der Waals surface area contributed by atoms with Crippen molar-refractivity contribution in [3.8, 4) is 0 Å². The zero-order valence-electron chi connectivity index (χ0n) is 4.29. The Balaban J connectivity index is 2.68. The van der Waals surface area contributed by atoms with Gasteiger partial charge in [0, 0.05) is 5.75 Å². The average Bonchev–Trinajstić information content (AvgIpc) is 1.61. The molecule has 0 spiro atoms. The summed E-state index contributed by atoms with van der Waals surface area (Å²) in [5.74, 6) is 0.658. The van der Waals surface area contributed by atoms with Crippen LogP contribution in [0.25, 0.3) is 0 Å². The summed E-state index contributed by atoms with van der Waals surface area (Å²) in [5, 5.41) is 8.43. The van der Waals surface area contributed by atoms with Gasteiger partial charge >= 0.3 is 0 Å². The summed E-state index contributed by atoms with van der Waals surface area (Å²) in [4.78, 5) is 0. The minimum atomic E-state index is -0.646. The van der Waals surface area contributed by atoms with Crippen molar-refractivity contribution in [2.75, 3.05) is 12.4 Å². The Labute approximate surface area is 48.9 Å². The predicted molar refractivity (Wildman–Crippen MR) is 31.5 cm³/mol. The van der Waals surface area contributed by atoms with E-state index in [0.29, 0.717) is 12.4 Å². The van der Waals surface area contributed by atoms with Crippen LogP contribution in [-0.4, -0.2) is 23.8 Å². The van der Waals surface area contributed by atoms with Crippen LogP contribution in [0.15, 0.2) is 0 Å². The fraction of sp³-hybridized carbons (Fsp3) is 1.00. The average molecular weight is 122 g/mol. The highest BCUT2D eigenvalue weighted by atomic mass is 32.1. The third-order valence-electron chi connectivity index (χ3n) is 0.450. The third kappa shape index (κ3) is 6.27. The van der Waals surface area contributed by atoms with E-state index in [9.17, 15) is 0 Å². The second-order valence-corrected chi connectivity index (χ2v) is 1.64. The van der Waals surface area contributed by atoms with Gasteiger partial charge in [0.05, 0.1) is 6.61 Å². The van der Waals surface area contributed by atoms with Gasteiger partial charge in [0.1, 0.15) is 0 Å². The van der Waals surface area contributed by atoms with E-state index < -0.39 is 6.29 Å². The van der Waals surface area contributed by atoms with Gasteiger partial charge < -0.3 is 9.84 Å². The molecule has 2 nitrogen and oxygen atoms in total. The number of aliphatic hydroxyl groups excluding tert-OH is 1. The highest BCUT2D eigenvalue weighted by molar-refractivity contribution is 7.80. The van der Waals surface area contributed by atoms with Crippen molar-refractivity contribution in [2.45, 2.75) is 13.2 Å². The fourth-order valence-corrected chi connectivity index (χ4v) is 0.329. The minimum absolute atomic E-state index is 0.515. The van der Waals surface area contributed by atoms with Gasteiger partial charge in [0.2, 0.25) is 0 Å². The topological polar surface area (TPSA) is 29.5 Å². The fourth-order valence-electron chi connectivity index (χ4n) is 0.223. The van der Waals surface area contributed by atoms with E-state index in [2.05, 4.69) is 17.4 Å². The molecule has 7 heavy (non-hydrogen) atoms. The van der Waals surface area contributed by atoms with E-state index >= 15 is 0 Å². The Kier molecular flexibility index (Phi) is 4.60. The zero-order chi connectivity index (χ0) is 5.70. The van der Waals surface area contributed by atoms with E-state index in [1.54, 1.807) is 6.92 Å². The first kappa shape index (κ1) is 7.27. The summed E-state index contributed by atoms with van der Waals surface area (Å²) in [7, 11) is 0. The third-order valence-corrected chi connectivity index (χ3v) is 0.633. The molecule has 0 saturated heterocycles. The van der Waals surface area contributed by atoms with Gasteiger partial charge in [-0.05, 0) is 6.92 Å². The van der Waals surface area contributed by atoms with Crippen LogP contribution in [0.3, 0.4) is 0 Å². The standard InChI is InChI=1S/C4H10O2S/c1-4(5)6-2-3-7/h4-5,7H,2-3H2,1H3. The maximum Gasteiger partial charge on any atom is 0.151 e. The molecule has 0 aromatic carbocycles. The zero-order valence-corrected chi connectivity index (χ0v) is 5.19. The molecule has 0 heterocycles.